The second-order valence-electron chi connectivity index (χ2n) is 9.16. The second-order valence-corrected chi connectivity index (χ2v) is 9.16. The van der Waals surface area contributed by atoms with Crippen LogP contribution in [0.1, 0.15) is 54.8 Å². The number of carbonyl (C=O) groups is 1. The number of H-pyrrole nitrogens is 1. The predicted molar refractivity (Wildman–Crippen MR) is 130 cm³/mol. The maximum absolute atomic E-state index is 13.7. The Morgan fingerprint density at radius 1 is 1.12 bits per heavy atom. The van der Waals surface area contributed by atoms with E-state index < -0.39 is 0 Å². The van der Waals surface area contributed by atoms with E-state index in [0.29, 0.717) is 41.7 Å². The number of furan rings is 1. The minimum absolute atomic E-state index is 0.00608. The third-order valence-electron chi connectivity index (χ3n) is 6.64. The molecule has 8 heteroatoms. The Hall–Kier alpha value is -3.94. The molecule has 1 aliphatic heterocycles. The molecule has 0 spiro atoms. The lowest BCUT2D eigenvalue weighted by Gasteiger charge is -2.31. The Bertz CT molecular complexity index is 1440. The van der Waals surface area contributed by atoms with Crippen molar-refractivity contribution in [2.45, 2.75) is 38.6 Å². The van der Waals surface area contributed by atoms with Crippen LogP contribution < -0.4 is 0 Å². The molecule has 8 nitrogen and oxygen atoms in total. The molecule has 5 heterocycles. The summed E-state index contributed by atoms with van der Waals surface area (Å²) in [6.45, 7) is 5.47. The number of piperidine rings is 1. The second kappa shape index (κ2) is 8.13. The molecule has 1 aromatic carbocycles. The van der Waals surface area contributed by atoms with Crippen LogP contribution in [0.2, 0.25) is 0 Å². The SMILES string of the molecule is CC(C)n1ncc2c(C(=O)N3CCC(c4nc5ccccc5[nH]4)CC3)cc(-c3ccco3)nc21. The fourth-order valence-corrected chi connectivity index (χ4v) is 4.82. The van der Waals surface area contributed by atoms with Gasteiger partial charge in [0, 0.05) is 25.0 Å². The summed E-state index contributed by atoms with van der Waals surface area (Å²) in [7, 11) is 0. The van der Waals surface area contributed by atoms with Gasteiger partial charge in [-0.25, -0.2) is 14.6 Å². The number of carbonyl (C=O) groups excluding carboxylic acids is 1. The lowest BCUT2D eigenvalue weighted by molar-refractivity contribution is 0.0713. The summed E-state index contributed by atoms with van der Waals surface area (Å²) in [5.74, 6) is 1.97. The van der Waals surface area contributed by atoms with Gasteiger partial charge in [0.25, 0.3) is 5.91 Å². The molecule has 172 valence electrons. The van der Waals surface area contributed by atoms with E-state index in [1.165, 1.54) is 0 Å². The Balaban J connectivity index is 1.29. The van der Waals surface area contributed by atoms with Crippen LogP contribution in [0.3, 0.4) is 0 Å². The number of hydrogen-bond acceptors (Lipinski definition) is 5. The fraction of sp³-hybridized carbons (Fsp3) is 0.308. The molecule has 0 unspecified atom stereocenters. The number of aromatic amines is 1. The molecule has 1 amide bonds. The van der Waals surface area contributed by atoms with Gasteiger partial charge in [-0.3, -0.25) is 4.79 Å². The van der Waals surface area contributed by atoms with Gasteiger partial charge in [0.1, 0.15) is 11.5 Å². The van der Waals surface area contributed by atoms with E-state index in [4.69, 9.17) is 14.4 Å². The van der Waals surface area contributed by atoms with E-state index in [-0.39, 0.29) is 11.9 Å². The van der Waals surface area contributed by atoms with Gasteiger partial charge < -0.3 is 14.3 Å². The molecule has 0 radical (unpaired) electrons. The van der Waals surface area contributed by atoms with Gasteiger partial charge in [-0.15, -0.1) is 0 Å². The van der Waals surface area contributed by atoms with Crippen LogP contribution in [0, 0.1) is 0 Å². The van der Waals surface area contributed by atoms with E-state index in [2.05, 4.69) is 23.9 Å². The van der Waals surface area contributed by atoms with Gasteiger partial charge in [0.05, 0.1) is 34.4 Å². The minimum Gasteiger partial charge on any atom is -0.463 e. The number of pyridine rings is 1. The highest BCUT2D eigenvalue weighted by Gasteiger charge is 2.28. The zero-order valence-corrected chi connectivity index (χ0v) is 19.2. The van der Waals surface area contributed by atoms with Gasteiger partial charge in [-0.1, -0.05) is 12.1 Å². The number of amides is 1. The summed E-state index contributed by atoms with van der Waals surface area (Å²) in [6.07, 6.45) is 5.11. The van der Waals surface area contributed by atoms with Crippen LogP contribution in [0.15, 0.2) is 59.3 Å². The molecule has 0 bridgehead atoms. The zero-order chi connectivity index (χ0) is 23.2. The van der Waals surface area contributed by atoms with Gasteiger partial charge in [-0.05, 0) is 57.0 Å². The molecule has 1 fully saturated rings. The molecule has 0 saturated carbocycles. The molecular weight excluding hydrogens is 428 g/mol. The largest absolute Gasteiger partial charge is 0.463 e. The number of aromatic nitrogens is 5. The van der Waals surface area contributed by atoms with Crippen molar-refractivity contribution in [2.75, 3.05) is 13.1 Å². The number of nitrogens with one attached hydrogen (secondary N) is 1. The number of likely N-dealkylation sites (tertiary alicyclic amines) is 1. The van der Waals surface area contributed by atoms with E-state index in [9.17, 15) is 4.79 Å². The smallest absolute Gasteiger partial charge is 0.254 e. The molecule has 6 rings (SSSR count). The van der Waals surface area contributed by atoms with Crippen molar-refractivity contribution in [2.24, 2.45) is 0 Å². The lowest BCUT2D eigenvalue weighted by Crippen LogP contribution is -2.38. The first-order valence-electron chi connectivity index (χ1n) is 11.7. The number of benzene rings is 1. The molecular formula is C26H26N6O2. The lowest BCUT2D eigenvalue weighted by atomic mass is 9.95. The average Bonchev–Trinajstić information content (AvgIpc) is 3.62. The Morgan fingerprint density at radius 3 is 2.68 bits per heavy atom. The number of hydrogen-bond donors (Lipinski definition) is 1. The molecule has 5 aromatic rings. The Kier molecular flexibility index (Phi) is 4.94. The topological polar surface area (TPSA) is 92.8 Å². The van der Waals surface area contributed by atoms with Gasteiger partial charge in [0.15, 0.2) is 11.4 Å². The zero-order valence-electron chi connectivity index (χ0n) is 19.2. The van der Waals surface area contributed by atoms with Gasteiger partial charge >= 0.3 is 0 Å². The Morgan fingerprint density at radius 2 is 1.94 bits per heavy atom. The summed E-state index contributed by atoms with van der Waals surface area (Å²) in [6, 6.07) is 13.7. The van der Waals surface area contributed by atoms with E-state index in [1.807, 2.05) is 52.0 Å². The van der Waals surface area contributed by atoms with E-state index in [0.717, 1.165) is 35.1 Å². The van der Waals surface area contributed by atoms with Crippen LogP contribution in [-0.2, 0) is 0 Å². The van der Waals surface area contributed by atoms with Crippen LogP contribution in [0.25, 0.3) is 33.5 Å². The molecule has 0 aliphatic carbocycles. The summed E-state index contributed by atoms with van der Waals surface area (Å²) in [5.41, 5.74) is 4.00. The maximum Gasteiger partial charge on any atom is 0.254 e. The quantitative estimate of drug-likeness (QED) is 0.404. The number of rotatable bonds is 4. The van der Waals surface area contributed by atoms with E-state index in [1.54, 1.807) is 12.5 Å². The number of nitrogens with zero attached hydrogens (tertiary/aromatic N) is 5. The van der Waals surface area contributed by atoms with Crippen molar-refractivity contribution in [1.29, 1.82) is 0 Å². The first-order valence-corrected chi connectivity index (χ1v) is 11.7. The monoisotopic (exact) mass is 454 g/mol. The summed E-state index contributed by atoms with van der Waals surface area (Å²) < 4.78 is 7.44. The minimum atomic E-state index is 0.00608. The van der Waals surface area contributed by atoms with Gasteiger partial charge in [-0.2, -0.15) is 5.10 Å². The average molecular weight is 455 g/mol. The standard InChI is InChI=1S/C26H26N6O2/c1-16(2)32-25-19(15-27-32)18(14-22(30-25)23-8-5-13-34-23)26(33)31-11-9-17(10-12-31)24-28-20-6-3-4-7-21(20)29-24/h3-8,13-17H,9-12H2,1-2H3,(H,28,29). The molecule has 0 atom stereocenters. The van der Waals surface area contributed by atoms with Crippen LogP contribution >= 0.6 is 0 Å². The van der Waals surface area contributed by atoms with Crippen molar-refractivity contribution >= 4 is 28.0 Å². The first kappa shape index (κ1) is 20.7. The molecule has 34 heavy (non-hydrogen) atoms. The molecule has 1 N–H and O–H groups in total. The summed E-state index contributed by atoms with van der Waals surface area (Å²) in [5, 5.41) is 5.29. The van der Waals surface area contributed by atoms with Crippen LogP contribution in [-0.4, -0.2) is 48.6 Å². The highest BCUT2D eigenvalue weighted by molar-refractivity contribution is 6.06. The molecule has 1 saturated heterocycles. The Labute approximate surface area is 196 Å². The van der Waals surface area contributed by atoms with Gasteiger partial charge in [0.2, 0.25) is 0 Å². The maximum atomic E-state index is 13.7. The summed E-state index contributed by atoms with van der Waals surface area (Å²) >= 11 is 0. The van der Waals surface area contributed by atoms with Crippen molar-refractivity contribution in [3.8, 4) is 11.5 Å². The third kappa shape index (κ3) is 3.46. The first-order chi connectivity index (χ1) is 16.6. The number of fused-ring (bicyclic) bond motifs is 2. The predicted octanol–water partition coefficient (Wildman–Crippen LogP) is 5.17. The van der Waals surface area contributed by atoms with Crippen molar-refractivity contribution in [3.63, 3.8) is 0 Å². The van der Waals surface area contributed by atoms with Crippen LogP contribution in [0.5, 0.6) is 0 Å². The van der Waals surface area contributed by atoms with Crippen molar-refractivity contribution in [1.82, 2.24) is 29.6 Å². The van der Waals surface area contributed by atoms with Crippen molar-refractivity contribution in [3.05, 3.63) is 66.3 Å². The highest BCUT2D eigenvalue weighted by atomic mass is 16.3. The van der Waals surface area contributed by atoms with Crippen molar-refractivity contribution < 1.29 is 9.21 Å². The molecule has 4 aromatic heterocycles. The summed E-state index contributed by atoms with van der Waals surface area (Å²) in [4.78, 5) is 28.7. The normalized spacial score (nSPS) is 15.1. The number of para-hydroxylation sites is 2. The number of imidazole rings is 1. The van der Waals surface area contributed by atoms with E-state index >= 15 is 0 Å². The molecule has 1 aliphatic rings. The third-order valence-corrected chi connectivity index (χ3v) is 6.64. The van der Waals surface area contributed by atoms with Crippen LogP contribution in [0.4, 0.5) is 0 Å². The fourth-order valence-electron chi connectivity index (χ4n) is 4.82. The highest BCUT2D eigenvalue weighted by Crippen LogP contribution is 2.31.